The predicted octanol–water partition coefficient (Wildman–Crippen LogP) is 7.23. The molecule has 0 unspecified atom stereocenters. The Labute approximate surface area is 162 Å². The molecule has 2 heteroatoms. The van der Waals surface area contributed by atoms with E-state index < -0.39 is 0 Å². The van der Waals surface area contributed by atoms with E-state index in [1.165, 1.54) is 11.1 Å². The number of hydrogen-bond donors (Lipinski definition) is 0. The molecule has 0 saturated heterocycles. The fourth-order valence-electron chi connectivity index (χ4n) is 2.72. The van der Waals surface area contributed by atoms with Crippen molar-refractivity contribution in [3.8, 4) is 11.5 Å². The first-order chi connectivity index (χ1) is 13.0. The molecule has 0 aromatic heterocycles. The molecule has 0 N–H and O–H groups in total. The monoisotopic (exact) mass is 357 g/mol. The Balaban J connectivity index is 1.64. The Morgan fingerprint density at radius 2 is 1.37 bits per heavy atom. The number of hydrogen-bond acceptors (Lipinski definition) is 2. The van der Waals surface area contributed by atoms with Gasteiger partial charge in [-0.05, 0) is 66.3 Å². The van der Waals surface area contributed by atoms with Gasteiger partial charge in [0, 0.05) is 6.21 Å². The van der Waals surface area contributed by atoms with Crippen molar-refractivity contribution >= 4 is 11.9 Å². The fraction of sp³-hybridized carbons (Fsp3) is 0.240. The van der Waals surface area contributed by atoms with E-state index in [9.17, 15) is 0 Å². The Kier molecular flexibility index (Phi) is 5.75. The minimum Gasteiger partial charge on any atom is -0.457 e. The van der Waals surface area contributed by atoms with Crippen molar-refractivity contribution in [2.75, 3.05) is 0 Å². The summed E-state index contributed by atoms with van der Waals surface area (Å²) in [6, 6.07) is 24.5. The van der Waals surface area contributed by atoms with E-state index in [2.05, 4.69) is 69.1 Å². The maximum Gasteiger partial charge on any atom is 0.127 e. The van der Waals surface area contributed by atoms with Crippen LogP contribution in [0.1, 0.15) is 43.9 Å². The lowest BCUT2D eigenvalue weighted by Crippen LogP contribution is -2.14. The first-order valence-corrected chi connectivity index (χ1v) is 9.45. The molecule has 3 aromatic carbocycles. The number of rotatable bonds is 6. The lowest BCUT2D eigenvalue weighted by Gasteiger charge is -2.23. The van der Waals surface area contributed by atoms with Crippen LogP contribution in [-0.2, 0) is 5.41 Å². The van der Waals surface area contributed by atoms with Gasteiger partial charge < -0.3 is 4.74 Å². The Morgan fingerprint density at radius 3 is 1.93 bits per heavy atom. The maximum atomic E-state index is 5.96. The smallest absolute Gasteiger partial charge is 0.127 e. The third-order valence-electron chi connectivity index (χ3n) is 5.03. The summed E-state index contributed by atoms with van der Waals surface area (Å²) >= 11 is 0. The van der Waals surface area contributed by atoms with Crippen molar-refractivity contribution in [3.63, 3.8) is 0 Å². The second-order valence-electron chi connectivity index (χ2n) is 7.53. The normalized spacial score (nSPS) is 11.7. The van der Waals surface area contributed by atoms with Crippen LogP contribution in [0.4, 0.5) is 5.69 Å². The molecule has 0 aliphatic carbocycles. The number of aliphatic imine (C=N–C) groups is 1. The van der Waals surface area contributed by atoms with Crippen LogP contribution < -0.4 is 4.74 Å². The summed E-state index contributed by atoms with van der Waals surface area (Å²) in [5, 5.41) is 0. The number of ether oxygens (including phenoxy) is 1. The van der Waals surface area contributed by atoms with Crippen LogP contribution in [0.25, 0.3) is 0 Å². The average Bonchev–Trinajstić information content (AvgIpc) is 2.69. The summed E-state index contributed by atoms with van der Waals surface area (Å²) < 4.78 is 5.96. The van der Waals surface area contributed by atoms with Gasteiger partial charge in [-0.15, -0.1) is 0 Å². The van der Waals surface area contributed by atoms with Crippen molar-refractivity contribution in [2.45, 2.75) is 39.5 Å². The zero-order chi connectivity index (χ0) is 19.3. The highest BCUT2D eigenvalue weighted by Gasteiger charge is 2.17. The van der Waals surface area contributed by atoms with Gasteiger partial charge >= 0.3 is 0 Å². The minimum atomic E-state index is 0.190. The Morgan fingerprint density at radius 1 is 0.815 bits per heavy atom. The molecule has 3 rings (SSSR count). The van der Waals surface area contributed by atoms with E-state index in [0.717, 1.165) is 29.2 Å². The van der Waals surface area contributed by atoms with Gasteiger partial charge in [0.25, 0.3) is 0 Å². The molecular weight excluding hydrogens is 330 g/mol. The third-order valence-corrected chi connectivity index (χ3v) is 5.03. The molecule has 3 aromatic rings. The fourth-order valence-corrected chi connectivity index (χ4v) is 2.72. The lowest BCUT2D eigenvalue weighted by molar-refractivity contribution is 0.478. The zero-order valence-electron chi connectivity index (χ0n) is 16.6. The summed E-state index contributed by atoms with van der Waals surface area (Å²) in [5.74, 6) is 1.66. The summed E-state index contributed by atoms with van der Waals surface area (Å²) in [6.07, 6.45) is 2.99. The van der Waals surface area contributed by atoms with E-state index in [1.807, 2.05) is 42.6 Å². The summed E-state index contributed by atoms with van der Waals surface area (Å²) in [7, 11) is 0. The molecule has 0 aliphatic heterocycles. The summed E-state index contributed by atoms with van der Waals surface area (Å²) in [4.78, 5) is 4.52. The first kappa shape index (κ1) is 18.9. The van der Waals surface area contributed by atoms with Crippen molar-refractivity contribution < 1.29 is 4.74 Å². The minimum absolute atomic E-state index is 0.190. The molecule has 0 saturated carbocycles. The highest BCUT2D eigenvalue weighted by Crippen LogP contribution is 2.30. The van der Waals surface area contributed by atoms with E-state index in [1.54, 1.807) is 0 Å². The quantitative estimate of drug-likeness (QED) is 0.427. The molecule has 0 radical (unpaired) electrons. The van der Waals surface area contributed by atoms with E-state index in [4.69, 9.17) is 4.74 Å². The third kappa shape index (κ3) is 5.07. The molecule has 0 amide bonds. The summed E-state index contributed by atoms with van der Waals surface area (Å²) in [6.45, 7) is 8.82. The molecule has 0 heterocycles. The van der Waals surface area contributed by atoms with Crippen LogP contribution in [0, 0.1) is 6.92 Å². The van der Waals surface area contributed by atoms with Gasteiger partial charge in [0.15, 0.2) is 0 Å². The highest BCUT2D eigenvalue weighted by molar-refractivity contribution is 5.81. The number of aryl methyl sites for hydroxylation is 1. The van der Waals surface area contributed by atoms with Gasteiger partial charge in [0.2, 0.25) is 0 Å². The molecule has 0 atom stereocenters. The average molecular weight is 357 g/mol. The summed E-state index contributed by atoms with van der Waals surface area (Å²) in [5.41, 5.74) is 4.77. The van der Waals surface area contributed by atoms with Gasteiger partial charge in [-0.25, -0.2) is 0 Å². The van der Waals surface area contributed by atoms with Crippen LogP contribution in [0.3, 0.4) is 0 Å². The van der Waals surface area contributed by atoms with E-state index in [0.29, 0.717) is 0 Å². The second kappa shape index (κ2) is 8.22. The predicted molar refractivity (Wildman–Crippen MR) is 115 cm³/mol. The van der Waals surface area contributed by atoms with Crippen molar-refractivity contribution in [3.05, 3.63) is 89.5 Å². The highest BCUT2D eigenvalue weighted by atomic mass is 16.5. The van der Waals surface area contributed by atoms with Crippen LogP contribution in [0.5, 0.6) is 11.5 Å². The van der Waals surface area contributed by atoms with Crippen LogP contribution in [0.15, 0.2) is 77.8 Å². The van der Waals surface area contributed by atoms with Gasteiger partial charge in [-0.3, -0.25) is 4.99 Å². The number of benzene rings is 3. The number of nitrogens with zero attached hydrogens (tertiary/aromatic N) is 1. The molecule has 2 nitrogen and oxygen atoms in total. The zero-order valence-corrected chi connectivity index (χ0v) is 16.6. The van der Waals surface area contributed by atoms with Gasteiger partial charge in [-0.1, -0.05) is 62.7 Å². The van der Waals surface area contributed by atoms with Gasteiger partial charge in [0.05, 0.1) is 5.69 Å². The molecular formula is C25H27NO. The molecule has 27 heavy (non-hydrogen) atoms. The molecule has 0 spiro atoms. The Bertz CT molecular complexity index is 889. The van der Waals surface area contributed by atoms with Crippen molar-refractivity contribution in [1.82, 2.24) is 0 Å². The first-order valence-electron chi connectivity index (χ1n) is 9.45. The molecule has 0 bridgehead atoms. The maximum absolute atomic E-state index is 5.96. The van der Waals surface area contributed by atoms with Gasteiger partial charge in [-0.2, -0.15) is 0 Å². The van der Waals surface area contributed by atoms with Crippen molar-refractivity contribution in [1.29, 1.82) is 0 Å². The van der Waals surface area contributed by atoms with Crippen LogP contribution >= 0.6 is 0 Å². The Hall–Kier alpha value is -2.87. The second-order valence-corrected chi connectivity index (χ2v) is 7.53. The van der Waals surface area contributed by atoms with E-state index in [-0.39, 0.29) is 5.41 Å². The van der Waals surface area contributed by atoms with Crippen LogP contribution in [-0.4, -0.2) is 6.21 Å². The standard InChI is InChI=1S/C25H27NO/c1-5-25(3,4)21-10-14-23(15-11-21)27-24-16-12-22(13-17-24)26-18-20-8-6-19(2)7-9-20/h6-18H,5H2,1-4H3. The molecule has 0 aliphatic rings. The van der Waals surface area contributed by atoms with Crippen molar-refractivity contribution in [2.24, 2.45) is 4.99 Å². The van der Waals surface area contributed by atoms with Gasteiger partial charge in [0.1, 0.15) is 11.5 Å². The lowest BCUT2D eigenvalue weighted by atomic mass is 9.82. The van der Waals surface area contributed by atoms with E-state index >= 15 is 0 Å². The van der Waals surface area contributed by atoms with Crippen LogP contribution in [0.2, 0.25) is 0 Å². The molecule has 138 valence electrons. The SMILES string of the molecule is CCC(C)(C)c1ccc(Oc2ccc(N=Cc3ccc(C)cc3)cc2)cc1. The molecule has 0 fully saturated rings. The largest absolute Gasteiger partial charge is 0.457 e. The topological polar surface area (TPSA) is 21.6 Å².